The predicted molar refractivity (Wildman–Crippen MR) is 94.0 cm³/mol. The Hall–Kier alpha value is -2.48. The summed E-state index contributed by atoms with van der Waals surface area (Å²) < 4.78 is 16.7. The Morgan fingerprint density at radius 2 is 1.92 bits per heavy atom. The molecule has 2 amide bonds. The lowest BCUT2D eigenvalue weighted by Crippen LogP contribution is -2.37. The van der Waals surface area contributed by atoms with Crippen LogP contribution in [0.4, 0.5) is 5.69 Å². The lowest BCUT2D eigenvalue weighted by atomic mass is 10.2. The Bertz CT molecular complexity index is 789. The minimum atomic E-state index is -0.342. The van der Waals surface area contributed by atoms with E-state index < -0.39 is 0 Å². The number of amides is 2. The van der Waals surface area contributed by atoms with Gasteiger partial charge >= 0.3 is 0 Å². The average Bonchev–Trinajstić information content (AvgIpc) is 3.05. The van der Waals surface area contributed by atoms with Crippen LogP contribution < -0.4 is 14.8 Å². The van der Waals surface area contributed by atoms with Crippen LogP contribution in [0.2, 0.25) is 0 Å². The highest BCUT2D eigenvalue weighted by Crippen LogP contribution is 2.32. The summed E-state index contributed by atoms with van der Waals surface area (Å²) in [6, 6.07) is 8.37. The number of benzene rings is 1. The van der Waals surface area contributed by atoms with E-state index in [9.17, 15) is 9.59 Å². The zero-order chi connectivity index (χ0) is 17.8. The largest absolute Gasteiger partial charge is 0.486 e. The number of carbonyl (C=O) groups excluding carboxylic acids is 2. The van der Waals surface area contributed by atoms with Crippen molar-refractivity contribution in [2.45, 2.75) is 6.92 Å². The number of fused-ring (bicyclic) bond motifs is 1. The molecule has 0 saturated heterocycles. The molecule has 7 nitrogen and oxygen atoms in total. The highest BCUT2D eigenvalue weighted by Gasteiger charge is 2.21. The second-order valence-electron chi connectivity index (χ2n) is 5.33. The molecule has 8 heteroatoms. The summed E-state index contributed by atoms with van der Waals surface area (Å²) in [6.07, 6.45) is 0. The lowest BCUT2D eigenvalue weighted by Gasteiger charge is -2.20. The van der Waals surface area contributed by atoms with E-state index in [4.69, 9.17) is 13.9 Å². The van der Waals surface area contributed by atoms with Gasteiger partial charge in [0.05, 0.1) is 0 Å². The SMILES string of the molecule is CCN(CC(=O)Nc1ccc2c(c1)OCCO2)C(=O)c1ccc(Br)o1. The fraction of sp³-hybridized carbons (Fsp3) is 0.294. The predicted octanol–water partition coefficient (Wildman–Crippen LogP) is 2.91. The molecule has 0 bridgehead atoms. The Kier molecular flexibility index (Phi) is 5.28. The molecule has 0 fully saturated rings. The van der Waals surface area contributed by atoms with Crippen LogP contribution >= 0.6 is 15.9 Å². The van der Waals surface area contributed by atoms with Crippen LogP contribution in [0.1, 0.15) is 17.5 Å². The smallest absolute Gasteiger partial charge is 0.290 e. The van der Waals surface area contributed by atoms with E-state index in [0.29, 0.717) is 41.6 Å². The normalized spacial score (nSPS) is 12.6. The summed E-state index contributed by atoms with van der Waals surface area (Å²) in [7, 11) is 0. The third-order valence-corrected chi connectivity index (χ3v) is 4.04. The van der Waals surface area contributed by atoms with E-state index in [0.717, 1.165) is 0 Å². The second-order valence-corrected chi connectivity index (χ2v) is 6.11. The summed E-state index contributed by atoms with van der Waals surface area (Å²) in [6.45, 7) is 3.08. The number of nitrogens with zero attached hydrogens (tertiary/aromatic N) is 1. The van der Waals surface area contributed by atoms with Crippen LogP contribution in [0.15, 0.2) is 39.4 Å². The maximum absolute atomic E-state index is 12.4. The van der Waals surface area contributed by atoms with Crippen molar-refractivity contribution in [1.29, 1.82) is 0 Å². The molecule has 2 heterocycles. The van der Waals surface area contributed by atoms with Crippen molar-refractivity contribution in [3.05, 3.63) is 40.8 Å². The van der Waals surface area contributed by atoms with Crippen LogP contribution in [0.5, 0.6) is 11.5 Å². The number of furan rings is 1. The quantitative estimate of drug-likeness (QED) is 0.822. The van der Waals surface area contributed by atoms with Crippen LogP contribution in [-0.2, 0) is 4.79 Å². The van der Waals surface area contributed by atoms with Gasteiger partial charge < -0.3 is 24.1 Å². The fourth-order valence-electron chi connectivity index (χ4n) is 2.41. The van der Waals surface area contributed by atoms with Crippen molar-refractivity contribution in [2.75, 3.05) is 31.6 Å². The molecule has 1 aliphatic rings. The van der Waals surface area contributed by atoms with Crippen molar-refractivity contribution in [3.8, 4) is 11.5 Å². The standard InChI is InChI=1S/C17H17BrN2O5/c1-2-20(17(22)13-5-6-15(18)25-13)10-16(21)19-11-3-4-12-14(9-11)24-8-7-23-12/h3-6,9H,2,7-8,10H2,1H3,(H,19,21). The summed E-state index contributed by atoms with van der Waals surface area (Å²) in [5, 5.41) is 2.76. The molecule has 2 aromatic rings. The van der Waals surface area contributed by atoms with Crippen molar-refractivity contribution in [3.63, 3.8) is 0 Å². The number of rotatable bonds is 5. The monoisotopic (exact) mass is 408 g/mol. The summed E-state index contributed by atoms with van der Waals surface area (Å²) in [5.41, 5.74) is 0.582. The van der Waals surface area contributed by atoms with Gasteiger partial charge in [-0.05, 0) is 47.1 Å². The van der Waals surface area contributed by atoms with Gasteiger partial charge in [-0.25, -0.2) is 0 Å². The molecule has 25 heavy (non-hydrogen) atoms. The number of hydrogen-bond donors (Lipinski definition) is 1. The van der Waals surface area contributed by atoms with E-state index in [2.05, 4.69) is 21.2 Å². The molecule has 0 radical (unpaired) electrons. The Balaban J connectivity index is 1.63. The molecule has 1 aliphatic heterocycles. The Morgan fingerprint density at radius 1 is 1.16 bits per heavy atom. The van der Waals surface area contributed by atoms with Crippen LogP contribution in [-0.4, -0.2) is 43.0 Å². The first-order valence-electron chi connectivity index (χ1n) is 7.81. The topological polar surface area (TPSA) is 81.0 Å². The number of halogens is 1. The molecule has 0 aliphatic carbocycles. The molecule has 1 N–H and O–H groups in total. The number of carbonyl (C=O) groups is 2. The zero-order valence-corrected chi connectivity index (χ0v) is 15.2. The van der Waals surface area contributed by atoms with Gasteiger partial charge in [-0.1, -0.05) is 0 Å². The van der Waals surface area contributed by atoms with E-state index in [1.54, 1.807) is 37.3 Å². The third kappa shape index (κ3) is 4.14. The van der Waals surface area contributed by atoms with Crippen molar-refractivity contribution >= 4 is 33.4 Å². The van der Waals surface area contributed by atoms with Gasteiger partial charge in [0.25, 0.3) is 5.91 Å². The van der Waals surface area contributed by atoms with Gasteiger partial charge in [0, 0.05) is 18.3 Å². The molecular weight excluding hydrogens is 392 g/mol. The second kappa shape index (κ2) is 7.60. The van der Waals surface area contributed by atoms with Crippen molar-refractivity contribution in [2.24, 2.45) is 0 Å². The molecule has 1 aromatic heterocycles. The van der Waals surface area contributed by atoms with E-state index in [1.807, 2.05) is 0 Å². The zero-order valence-electron chi connectivity index (χ0n) is 13.6. The summed E-state index contributed by atoms with van der Waals surface area (Å²) in [4.78, 5) is 26.0. The van der Waals surface area contributed by atoms with Crippen molar-refractivity contribution in [1.82, 2.24) is 4.90 Å². The number of ether oxygens (including phenoxy) is 2. The number of hydrogen-bond acceptors (Lipinski definition) is 5. The average molecular weight is 409 g/mol. The van der Waals surface area contributed by atoms with E-state index in [1.165, 1.54) is 4.90 Å². The highest BCUT2D eigenvalue weighted by atomic mass is 79.9. The molecule has 132 valence electrons. The molecule has 0 spiro atoms. The summed E-state index contributed by atoms with van der Waals surface area (Å²) >= 11 is 3.16. The Labute approximate surface area is 153 Å². The highest BCUT2D eigenvalue weighted by molar-refractivity contribution is 9.10. The van der Waals surface area contributed by atoms with E-state index >= 15 is 0 Å². The van der Waals surface area contributed by atoms with Crippen LogP contribution in [0.3, 0.4) is 0 Å². The molecule has 1 aromatic carbocycles. The third-order valence-electron chi connectivity index (χ3n) is 3.61. The number of anilines is 1. The molecule has 0 atom stereocenters. The lowest BCUT2D eigenvalue weighted by molar-refractivity contribution is -0.116. The van der Waals surface area contributed by atoms with Crippen molar-refractivity contribution < 1.29 is 23.5 Å². The molecule has 3 rings (SSSR count). The molecule has 0 saturated carbocycles. The van der Waals surface area contributed by atoms with Gasteiger partial charge in [0.2, 0.25) is 5.91 Å². The minimum absolute atomic E-state index is 0.0813. The first-order valence-corrected chi connectivity index (χ1v) is 8.60. The van der Waals surface area contributed by atoms with Gasteiger partial charge in [-0.15, -0.1) is 0 Å². The number of nitrogens with one attached hydrogen (secondary N) is 1. The van der Waals surface area contributed by atoms with Crippen LogP contribution in [0.25, 0.3) is 0 Å². The maximum Gasteiger partial charge on any atom is 0.290 e. The van der Waals surface area contributed by atoms with Gasteiger partial charge in [-0.3, -0.25) is 9.59 Å². The van der Waals surface area contributed by atoms with E-state index in [-0.39, 0.29) is 24.1 Å². The maximum atomic E-state index is 12.4. The first-order chi connectivity index (χ1) is 12.1. The van der Waals surface area contributed by atoms with Crippen LogP contribution in [0, 0.1) is 0 Å². The van der Waals surface area contributed by atoms with Gasteiger partial charge in [-0.2, -0.15) is 0 Å². The first kappa shape index (κ1) is 17.3. The van der Waals surface area contributed by atoms with Gasteiger partial charge in [0.1, 0.15) is 19.8 Å². The summed E-state index contributed by atoms with van der Waals surface area (Å²) in [5.74, 6) is 0.773. The fourth-order valence-corrected chi connectivity index (χ4v) is 2.71. The van der Waals surface area contributed by atoms with Gasteiger partial charge in [0.15, 0.2) is 21.9 Å². The molecule has 0 unspecified atom stereocenters. The molecular formula is C17H17BrN2O5. The number of likely N-dealkylation sites (N-methyl/N-ethyl adjacent to an activating group) is 1. The Morgan fingerprint density at radius 3 is 2.60 bits per heavy atom. The minimum Gasteiger partial charge on any atom is -0.486 e.